The molecule has 1 heterocycles. The lowest BCUT2D eigenvalue weighted by Crippen LogP contribution is -2.11. The molecule has 0 unspecified atom stereocenters. The molecule has 0 fully saturated rings. The number of amides is 1. The molecule has 3 aromatic carbocycles. The topological polar surface area (TPSA) is 73.8 Å². The average Bonchev–Trinajstić information content (AvgIpc) is 3.10. The molecule has 0 aliphatic rings. The van der Waals surface area contributed by atoms with Crippen molar-refractivity contribution in [1.82, 2.24) is 14.8 Å². The summed E-state index contributed by atoms with van der Waals surface area (Å²) in [4.78, 5) is 11.2. The van der Waals surface area contributed by atoms with E-state index >= 15 is 0 Å². The number of carbonyl (C=O) groups is 1. The van der Waals surface area contributed by atoms with Crippen molar-refractivity contribution < 1.29 is 4.79 Å². The summed E-state index contributed by atoms with van der Waals surface area (Å²) in [5, 5.41) is 12.2. The summed E-state index contributed by atoms with van der Waals surface area (Å²) in [7, 11) is 0. The summed E-state index contributed by atoms with van der Waals surface area (Å²) in [6.07, 6.45) is 0.973. The van der Waals surface area contributed by atoms with E-state index in [1.54, 1.807) is 0 Å². The molecular weight excluding hydrogens is 392 g/mol. The van der Waals surface area contributed by atoms with Gasteiger partial charge in [-0.15, -0.1) is 10.2 Å². The summed E-state index contributed by atoms with van der Waals surface area (Å²) in [5.74, 6) is 1.14. The maximum atomic E-state index is 11.2. The number of hydrogen-bond donors (Lipinski definition) is 1. The minimum atomic E-state index is -0.309. The van der Waals surface area contributed by atoms with E-state index in [0.29, 0.717) is 18.6 Å². The van der Waals surface area contributed by atoms with Crippen LogP contribution in [0.3, 0.4) is 0 Å². The monoisotopic (exact) mass is 416 g/mol. The quantitative estimate of drug-likeness (QED) is 0.447. The van der Waals surface area contributed by atoms with Crippen LogP contribution in [-0.4, -0.2) is 26.4 Å². The third-order valence-corrected chi connectivity index (χ3v) is 6.03. The maximum absolute atomic E-state index is 11.2. The summed E-state index contributed by atoms with van der Waals surface area (Å²) < 4.78 is 2.11. The lowest BCUT2D eigenvalue weighted by Gasteiger charge is -2.14. The number of carbonyl (C=O) groups excluding carboxylic acids is 1. The van der Waals surface area contributed by atoms with Gasteiger partial charge in [0.05, 0.1) is 5.69 Å². The Labute approximate surface area is 180 Å². The van der Waals surface area contributed by atoms with Gasteiger partial charge in [0.15, 0.2) is 5.16 Å². The zero-order valence-corrected chi connectivity index (χ0v) is 17.9. The zero-order valence-electron chi connectivity index (χ0n) is 17.1. The van der Waals surface area contributed by atoms with Gasteiger partial charge in [0.2, 0.25) is 5.91 Å². The van der Waals surface area contributed by atoms with Gasteiger partial charge < -0.3 is 5.73 Å². The number of primary amides is 1. The number of aromatic nitrogens is 3. The highest BCUT2D eigenvalue weighted by molar-refractivity contribution is 7.99. The number of thioether (sulfide) groups is 1. The van der Waals surface area contributed by atoms with Crippen molar-refractivity contribution in [2.45, 2.75) is 31.8 Å². The number of benzene rings is 3. The van der Waals surface area contributed by atoms with Crippen LogP contribution in [0.1, 0.15) is 28.9 Å². The Kier molecular flexibility index (Phi) is 5.86. The highest BCUT2D eigenvalue weighted by atomic mass is 32.2. The molecule has 0 spiro atoms. The molecular formula is C24H24N4OS. The molecule has 0 aliphatic carbocycles. The number of fused-ring (bicyclic) bond motifs is 1. The molecule has 30 heavy (non-hydrogen) atoms. The smallest absolute Gasteiger partial charge is 0.218 e. The van der Waals surface area contributed by atoms with Crippen molar-refractivity contribution in [2.75, 3.05) is 5.75 Å². The third kappa shape index (κ3) is 4.24. The van der Waals surface area contributed by atoms with Crippen LogP contribution in [0.5, 0.6) is 0 Å². The first-order valence-corrected chi connectivity index (χ1v) is 10.9. The number of rotatable bonds is 7. The van der Waals surface area contributed by atoms with E-state index in [0.717, 1.165) is 22.2 Å². The van der Waals surface area contributed by atoms with Crippen molar-refractivity contribution in [2.24, 2.45) is 5.73 Å². The Morgan fingerprint density at radius 3 is 2.63 bits per heavy atom. The van der Waals surface area contributed by atoms with Gasteiger partial charge in [-0.05, 0) is 41.8 Å². The first-order chi connectivity index (χ1) is 14.5. The van der Waals surface area contributed by atoms with Crippen LogP contribution < -0.4 is 5.73 Å². The lowest BCUT2D eigenvalue weighted by molar-refractivity contribution is -0.117. The van der Waals surface area contributed by atoms with Gasteiger partial charge in [0, 0.05) is 18.6 Å². The van der Waals surface area contributed by atoms with Gasteiger partial charge in [0.1, 0.15) is 5.82 Å². The lowest BCUT2D eigenvalue weighted by atomic mass is 10.0. The van der Waals surface area contributed by atoms with Gasteiger partial charge in [-0.1, -0.05) is 71.9 Å². The highest BCUT2D eigenvalue weighted by Crippen LogP contribution is 2.28. The number of hydrogen-bond acceptors (Lipinski definition) is 4. The molecule has 6 heteroatoms. The van der Waals surface area contributed by atoms with Gasteiger partial charge in [-0.3, -0.25) is 9.36 Å². The fourth-order valence-electron chi connectivity index (χ4n) is 3.67. The Hall–Kier alpha value is -3.12. The predicted octanol–water partition coefficient (Wildman–Crippen LogP) is 4.60. The van der Waals surface area contributed by atoms with E-state index < -0.39 is 0 Å². The molecule has 0 atom stereocenters. The Balaban J connectivity index is 1.77. The van der Waals surface area contributed by atoms with Gasteiger partial charge in [-0.25, -0.2) is 0 Å². The van der Waals surface area contributed by atoms with E-state index in [4.69, 9.17) is 5.73 Å². The van der Waals surface area contributed by atoms with Crippen LogP contribution in [0.2, 0.25) is 0 Å². The van der Waals surface area contributed by atoms with Crippen LogP contribution in [0.4, 0.5) is 0 Å². The second-order valence-corrected chi connectivity index (χ2v) is 8.47. The van der Waals surface area contributed by atoms with E-state index in [-0.39, 0.29) is 5.91 Å². The van der Waals surface area contributed by atoms with E-state index in [9.17, 15) is 4.79 Å². The van der Waals surface area contributed by atoms with Crippen molar-refractivity contribution in [3.05, 3.63) is 83.2 Å². The summed E-state index contributed by atoms with van der Waals surface area (Å²) in [6, 6.07) is 21.1. The molecule has 0 saturated carbocycles. The maximum Gasteiger partial charge on any atom is 0.218 e. The standard InChI is InChI=1S/C24H24N4OS/c1-16-10-11-21(17(2)14-16)28-23(26-27-24(28)30-13-12-22(25)29)15-19-8-5-7-18-6-3-4-9-20(18)19/h3-11,14H,12-13,15H2,1-2H3,(H2,25,29). The molecule has 0 bridgehead atoms. The fraction of sp³-hybridized carbons (Fsp3) is 0.208. The second kappa shape index (κ2) is 8.71. The van der Waals surface area contributed by atoms with E-state index in [1.807, 2.05) is 0 Å². The van der Waals surface area contributed by atoms with Crippen molar-refractivity contribution in [1.29, 1.82) is 0 Å². The van der Waals surface area contributed by atoms with Crippen molar-refractivity contribution in [3.8, 4) is 5.69 Å². The predicted molar refractivity (Wildman–Crippen MR) is 122 cm³/mol. The Morgan fingerprint density at radius 2 is 1.83 bits per heavy atom. The first-order valence-electron chi connectivity index (χ1n) is 9.92. The molecule has 5 nitrogen and oxygen atoms in total. The Morgan fingerprint density at radius 1 is 1.03 bits per heavy atom. The molecule has 0 saturated heterocycles. The first kappa shape index (κ1) is 20.2. The number of nitrogens with two attached hydrogens (primary N) is 1. The average molecular weight is 417 g/mol. The number of nitrogens with zero attached hydrogens (tertiary/aromatic N) is 3. The molecule has 0 radical (unpaired) electrons. The molecule has 4 aromatic rings. The Bertz CT molecular complexity index is 1210. The molecule has 0 aliphatic heterocycles. The van der Waals surface area contributed by atoms with Gasteiger partial charge >= 0.3 is 0 Å². The summed E-state index contributed by atoms with van der Waals surface area (Å²) in [5.41, 5.74) is 9.95. The SMILES string of the molecule is Cc1ccc(-n2c(Cc3cccc4ccccc34)nnc2SCCC(N)=O)c(C)c1. The molecule has 2 N–H and O–H groups in total. The van der Waals surface area contributed by atoms with Crippen LogP contribution >= 0.6 is 11.8 Å². The highest BCUT2D eigenvalue weighted by Gasteiger charge is 2.17. The van der Waals surface area contributed by atoms with Crippen LogP contribution in [-0.2, 0) is 11.2 Å². The third-order valence-electron chi connectivity index (χ3n) is 5.10. The van der Waals surface area contributed by atoms with E-state index in [2.05, 4.69) is 89.3 Å². The summed E-state index contributed by atoms with van der Waals surface area (Å²) >= 11 is 1.51. The molecule has 1 amide bonds. The van der Waals surface area contributed by atoms with Crippen LogP contribution in [0, 0.1) is 13.8 Å². The van der Waals surface area contributed by atoms with E-state index in [1.165, 1.54) is 33.7 Å². The molecule has 152 valence electrons. The minimum Gasteiger partial charge on any atom is -0.370 e. The normalized spacial score (nSPS) is 11.1. The van der Waals surface area contributed by atoms with Crippen LogP contribution in [0.25, 0.3) is 16.5 Å². The number of aryl methyl sites for hydroxylation is 2. The fourth-order valence-corrected chi connectivity index (χ4v) is 4.58. The van der Waals surface area contributed by atoms with Crippen molar-refractivity contribution in [3.63, 3.8) is 0 Å². The van der Waals surface area contributed by atoms with Crippen molar-refractivity contribution >= 4 is 28.4 Å². The second-order valence-electron chi connectivity index (χ2n) is 7.40. The summed E-state index contributed by atoms with van der Waals surface area (Å²) in [6.45, 7) is 4.18. The van der Waals surface area contributed by atoms with Crippen LogP contribution in [0.15, 0.2) is 65.8 Å². The zero-order chi connectivity index (χ0) is 21.1. The van der Waals surface area contributed by atoms with Gasteiger partial charge in [0.25, 0.3) is 0 Å². The molecule has 1 aromatic heterocycles. The largest absolute Gasteiger partial charge is 0.370 e. The van der Waals surface area contributed by atoms with Gasteiger partial charge in [-0.2, -0.15) is 0 Å². The molecule has 4 rings (SSSR count). The minimum absolute atomic E-state index is 0.309.